The molecule has 0 heterocycles. The van der Waals surface area contributed by atoms with E-state index in [4.69, 9.17) is 14.2 Å². The molecular formula is C70H106O6. The van der Waals surface area contributed by atoms with Gasteiger partial charge in [0.05, 0.1) is 0 Å². The van der Waals surface area contributed by atoms with Crippen molar-refractivity contribution in [3.8, 4) is 0 Å². The van der Waals surface area contributed by atoms with Crippen LogP contribution in [-0.4, -0.2) is 37.2 Å². The van der Waals surface area contributed by atoms with Crippen LogP contribution in [-0.2, 0) is 28.6 Å². The number of carbonyl (C=O) groups excluding carboxylic acids is 3. The molecule has 0 aromatic carbocycles. The zero-order chi connectivity index (χ0) is 55.0. The van der Waals surface area contributed by atoms with Crippen LogP contribution in [0.3, 0.4) is 0 Å². The van der Waals surface area contributed by atoms with Gasteiger partial charge in [-0.25, -0.2) is 0 Å². The largest absolute Gasteiger partial charge is 0.462 e. The SMILES string of the molecule is CC/C=C\C/C=C\C/C=C\C/C=C\C/C=C\C/C=C\C/C=C\CCCC(=O)OCC(COC(=O)CCCCCCC/C=C\C/C=C\CCCC)OC(=O)CCCC/C=C\C/C=C\C/C=C\C/C=C\C/C=C\C/C=C\CC. The number of ether oxygens (including phenoxy) is 3. The van der Waals surface area contributed by atoms with E-state index in [1.165, 1.54) is 19.3 Å². The van der Waals surface area contributed by atoms with Crippen LogP contribution in [0.5, 0.6) is 0 Å². The van der Waals surface area contributed by atoms with Gasteiger partial charge in [0.15, 0.2) is 6.10 Å². The summed E-state index contributed by atoms with van der Waals surface area (Å²) in [6.07, 6.45) is 93.2. The topological polar surface area (TPSA) is 78.9 Å². The molecule has 76 heavy (non-hydrogen) atoms. The van der Waals surface area contributed by atoms with E-state index in [2.05, 4.69) is 203 Å². The number of hydrogen-bond acceptors (Lipinski definition) is 6. The standard InChI is InChI=1S/C70H106O6/c1-4-7-10-13-16-19-22-25-28-30-32-34-35-37-38-40-42-45-48-51-54-57-60-63-69(72)75-66-67(65-74-68(71)62-59-56-53-50-47-44-27-24-21-18-15-12-9-6-3)76-70(73)64-61-58-55-52-49-46-43-41-39-36-33-31-29-26-23-20-17-14-11-8-5-2/h7-8,10-11,15-20,24-29,32-34,36-38,41-43,45,49,51-52,54,67H,4-6,9,12-14,21-23,30-31,35,39-40,44,46-48,50,53,55-66H2,1-3H3/b10-7-,11-8-,18-15-,19-16-,20-17-,27-24-,28-25-,29-26-,34-32-,36-33-,38-37-,43-41-,45-42-,52-49-,54-51-. The summed E-state index contributed by atoms with van der Waals surface area (Å²) >= 11 is 0. The van der Waals surface area contributed by atoms with Crippen molar-refractivity contribution >= 4 is 17.9 Å². The van der Waals surface area contributed by atoms with E-state index in [0.29, 0.717) is 19.3 Å². The molecule has 0 bridgehead atoms. The maximum Gasteiger partial charge on any atom is 0.306 e. The molecule has 0 N–H and O–H groups in total. The van der Waals surface area contributed by atoms with Crippen molar-refractivity contribution in [1.29, 1.82) is 0 Å². The molecule has 0 spiro atoms. The van der Waals surface area contributed by atoms with Crippen molar-refractivity contribution in [1.82, 2.24) is 0 Å². The third-order valence-corrected chi connectivity index (χ3v) is 11.6. The van der Waals surface area contributed by atoms with Crippen LogP contribution in [0.25, 0.3) is 0 Å². The van der Waals surface area contributed by atoms with Crippen molar-refractivity contribution in [2.75, 3.05) is 13.2 Å². The van der Waals surface area contributed by atoms with Crippen molar-refractivity contribution in [3.05, 3.63) is 182 Å². The van der Waals surface area contributed by atoms with Crippen LogP contribution in [0, 0.1) is 0 Å². The lowest BCUT2D eigenvalue weighted by Crippen LogP contribution is -2.30. The Morgan fingerprint density at radius 3 is 0.882 bits per heavy atom. The lowest BCUT2D eigenvalue weighted by molar-refractivity contribution is -0.167. The first kappa shape index (κ1) is 70.5. The highest BCUT2D eigenvalue weighted by Crippen LogP contribution is 2.11. The van der Waals surface area contributed by atoms with Crippen LogP contribution in [0.2, 0.25) is 0 Å². The van der Waals surface area contributed by atoms with Crippen molar-refractivity contribution in [3.63, 3.8) is 0 Å². The van der Waals surface area contributed by atoms with Crippen LogP contribution in [0.1, 0.15) is 220 Å². The molecule has 0 aliphatic heterocycles. The third-order valence-electron chi connectivity index (χ3n) is 11.6. The molecule has 1 unspecified atom stereocenters. The second-order valence-corrected chi connectivity index (χ2v) is 18.8. The third kappa shape index (κ3) is 59.4. The number of hydrogen-bond donors (Lipinski definition) is 0. The van der Waals surface area contributed by atoms with Gasteiger partial charge in [-0.2, -0.15) is 0 Å². The quantitative estimate of drug-likeness (QED) is 0.0261. The molecule has 0 rings (SSSR count). The van der Waals surface area contributed by atoms with Gasteiger partial charge in [-0.3, -0.25) is 14.4 Å². The first-order chi connectivity index (χ1) is 37.5. The molecule has 1 atom stereocenters. The van der Waals surface area contributed by atoms with Crippen LogP contribution in [0.4, 0.5) is 0 Å². The summed E-state index contributed by atoms with van der Waals surface area (Å²) in [5.41, 5.74) is 0. The number of carbonyl (C=O) groups is 3. The maximum absolute atomic E-state index is 12.9. The molecule has 0 aliphatic carbocycles. The van der Waals surface area contributed by atoms with E-state index >= 15 is 0 Å². The minimum atomic E-state index is -0.843. The number of rotatable bonds is 51. The number of esters is 3. The Morgan fingerprint density at radius 2 is 0.526 bits per heavy atom. The second kappa shape index (κ2) is 62.1. The van der Waals surface area contributed by atoms with Gasteiger partial charge < -0.3 is 14.2 Å². The zero-order valence-electron chi connectivity index (χ0n) is 48.2. The molecule has 0 aliphatic rings. The first-order valence-electron chi connectivity index (χ1n) is 29.8. The Kier molecular flexibility index (Phi) is 57.6. The van der Waals surface area contributed by atoms with Gasteiger partial charge in [0.25, 0.3) is 0 Å². The summed E-state index contributed by atoms with van der Waals surface area (Å²) in [6, 6.07) is 0. The van der Waals surface area contributed by atoms with Crippen molar-refractivity contribution < 1.29 is 28.6 Å². The van der Waals surface area contributed by atoms with Crippen molar-refractivity contribution in [2.24, 2.45) is 0 Å². The van der Waals surface area contributed by atoms with Gasteiger partial charge in [0.1, 0.15) is 13.2 Å². The summed E-state index contributed by atoms with van der Waals surface area (Å²) < 4.78 is 16.8. The Bertz CT molecular complexity index is 1820. The zero-order valence-corrected chi connectivity index (χ0v) is 48.2. The first-order valence-corrected chi connectivity index (χ1v) is 29.8. The Balaban J connectivity index is 4.62. The molecule has 0 aromatic heterocycles. The summed E-state index contributed by atoms with van der Waals surface area (Å²) in [5.74, 6) is -1.06. The monoisotopic (exact) mass is 1040 g/mol. The normalized spacial score (nSPS) is 13.5. The highest BCUT2D eigenvalue weighted by molar-refractivity contribution is 5.71. The van der Waals surface area contributed by atoms with Crippen molar-refractivity contribution in [2.45, 2.75) is 226 Å². The predicted molar refractivity (Wildman–Crippen MR) is 329 cm³/mol. The fourth-order valence-corrected chi connectivity index (χ4v) is 7.21. The Hall–Kier alpha value is -5.49. The van der Waals surface area contributed by atoms with Crippen LogP contribution in [0.15, 0.2) is 182 Å². The second-order valence-electron chi connectivity index (χ2n) is 18.8. The molecule has 6 nitrogen and oxygen atoms in total. The summed E-state index contributed by atoms with van der Waals surface area (Å²) in [7, 11) is 0. The lowest BCUT2D eigenvalue weighted by atomic mass is 10.1. The molecule has 0 aromatic rings. The van der Waals surface area contributed by atoms with Gasteiger partial charge in [-0.15, -0.1) is 0 Å². The van der Waals surface area contributed by atoms with Gasteiger partial charge in [-0.1, -0.05) is 235 Å². The molecule has 0 amide bonds. The summed E-state index contributed by atoms with van der Waals surface area (Å²) in [5, 5.41) is 0. The molecule has 422 valence electrons. The molecule has 0 saturated heterocycles. The van der Waals surface area contributed by atoms with Crippen LogP contribution >= 0.6 is 0 Å². The molecule has 0 radical (unpaired) electrons. The summed E-state index contributed by atoms with van der Waals surface area (Å²) in [6.45, 7) is 6.25. The van der Waals surface area contributed by atoms with E-state index in [1.807, 2.05) is 0 Å². The Labute approximate surface area is 465 Å². The van der Waals surface area contributed by atoms with E-state index in [0.717, 1.165) is 148 Å². The lowest BCUT2D eigenvalue weighted by Gasteiger charge is -2.18. The van der Waals surface area contributed by atoms with E-state index < -0.39 is 6.10 Å². The van der Waals surface area contributed by atoms with E-state index in [1.54, 1.807) is 0 Å². The van der Waals surface area contributed by atoms with E-state index in [9.17, 15) is 14.4 Å². The molecule has 0 fully saturated rings. The van der Waals surface area contributed by atoms with Gasteiger partial charge in [0.2, 0.25) is 0 Å². The highest BCUT2D eigenvalue weighted by atomic mass is 16.6. The van der Waals surface area contributed by atoms with Gasteiger partial charge in [-0.05, 0) is 148 Å². The average Bonchev–Trinajstić information content (AvgIpc) is 3.42. The Morgan fingerprint density at radius 1 is 0.276 bits per heavy atom. The van der Waals surface area contributed by atoms with Crippen LogP contribution < -0.4 is 0 Å². The predicted octanol–water partition coefficient (Wildman–Crippen LogP) is 20.5. The maximum atomic E-state index is 12.9. The van der Waals surface area contributed by atoms with Gasteiger partial charge in [0, 0.05) is 19.3 Å². The fraction of sp³-hybridized carbons (Fsp3) is 0.529. The summed E-state index contributed by atoms with van der Waals surface area (Å²) in [4.78, 5) is 38.2. The minimum Gasteiger partial charge on any atom is -0.462 e. The highest BCUT2D eigenvalue weighted by Gasteiger charge is 2.19. The van der Waals surface area contributed by atoms with Gasteiger partial charge >= 0.3 is 17.9 Å². The fourth-order valence-electron chi connectivity index (χ4n) is 7.21. The number of allylic oxidation sites excluding steroid dienone is 30. The smallest absolute Gasteiger partial charge is 0.306 e. The molecule has 0 saturated carbocycles. The van der Waals surface area contributed by atoms with E-state index in [-0.39, 0.29) is 44.0 Å². The molecule has 6 heteroatoms. The average molecular weight is 1040 g/mol. The number of unbranched alkanes of at least 4 members (excludes halogenated alkanes) is 10. The minimum absolute atomic E-state index is 0.131. The molecular weight excluding hydrogens is 937 g/mol.